The van der Waals surface area contributed by atoms with Gasteiger partial charge in [-0.1, -0.05) is 12.1 Å². The van der Waals surface area contributed by atoms with E-state index in [9.17, 15) is 10.1 Å². The number of nitro groups is 1. The summed E-state index contributed by atoms with van der Waals surface area (Å²) in [6.07, 6.45) is 2.73. The second-order valence-corrected chi connectivity index (χ2v) is 4.26. The molecule has 0 saturated carbocycles. The molecule has 5 heteroatoms. The van der Waals surface area contributed by atoms with Gasteiger partial charge in [0.15, 0.2) is 0 Å². The van der Waals surface area contributed by atoms with Crippen molar-refractivity contribution < 1.29 is 4.92 Å². The van der Waals surface area contributed by atoms with Gasteiger partial charge in [0.05, 0.1) is 4.92 Å². The second kappa shape index (κ2) is 3.54. The highest BCUT2D eigenvalue weighted by Gasteiger charge is 2.47. The molecule has 2 aliphatic heterocycles. The van der Waals surface area contributed by atoms with Crippen LogP contribution in [0.25, 0.3) is 0 Å². The fourth-order valence-electron chi connectivity index (χ4n) is 2.44. The zero-order valence-electron chi connectivity index (χ0n) is 8.87. The Kier molecular flexibility index (Phi) is 2.15. The van der Waals surface area contributed by atoms with Crippen LogP contribution in [-0.2, 0) is 0 Å². The van der Waals surface area contributed by atoms with Gasteiger partial charge in [0.25, 0.3) is 5.69 Å². The molecule has 5 nitrogen and oxygen atoms in total. The Bertz CT molecular complexity index is 423. The number of rotatable bonds is 2. The van der Waals surface area contributed by atoms with Crippen LogP contribution in [0.5, 0.6) is 0 Å². The van der Waals surface area contributed by atoms with E-state index in [2.05, 4.69) is 10.0 Å². The lowest BCUT2D eigenvalue weighted by molar-refractivity contribution is -0.384. The van der Waals surface area contributed by atoms with Crippen LogP contribution in [-0.4, -0.2) is 28.0 Å². The smallest absolute Gasteiger partial charge is 0.258 e. The number of hydrogen-bond acceptors (Lipinski definition) is 4. The first-order valence-electron chi connectivity index (χ1n) is 5.55. The molecule has 2 fully saturated rings. The summed E-state index contributed by atoms with van der Waals surface area (Å²) < 4.78 is 0. The average molecular weight is 219 g/mol. The Morgan fingerprint density at radius 1 is 1.25 bits per heavy atom. The number of nitro benzene ring substituents is 1. The molecule has 1 aromatic rings. The predicted molar refractivity (Wildman–Crippen MR) is 58.5 cm³/mol. The van der Waals surface area contributed by atoms with Gasteiger partial charge < -0.3 is 0 Å². The van der Waals surface area contributed by atoms with Gasteiger partial charge in [-0.3, -0.25) is 10.1 Å². The summed E-state index contributed by atoms with van der Waals surface area (Å²) in [7, 11) is 0. The zero-order valence-corrected chi connectivity index (χ0v) is 8.87. The Morgan fingerprint density at radius 3 is 2.56 bits per heavy atom. The van der Waals surface area contributed by atoms with Gasteiger partial charge in [-0.25, -0.2) is 10.0 Å². The molecule has 0 amide bonds. The second-order valence-electron chi connectivity index (χ2n) is 4.26. The molecule has 1 aromatic carbocycles. The Balaban J connectivity index is 1.85. The molecule has 2 aliphatic rings. The molecule has 0 aromatic heterocycles. The molecule has 16 heavy (non-hydrogen) atoms. The maximum absolute atomic E-state index is 10.7. The van der Waals surface area contributed by atoms with Crippen molar-refractivity contribution in [2.75, 3.05) is 13.1 Å². The lowest BCUT2D eigenvalue weighted by atomic mass is 10.2. The molecular formula is C11H13N3O2. The van der Waals surface area contributed by atoms with E-state index in [0.29, 0.717) is 0 Å². The maximum Gasteiger partial charge on any atom is 0.269 e. The molecule has 0 radical (unpaired) electrons. The van der Waals surface area contributed by atoms with Crippen molar-refractivity contribution >= 4 is 5.69 Å². The molecule has 2 saturated heterocycles. The first kappa shape index (κ1) is 9.74. The summed E-state index contributed by atoms with van der Waals surface area (Å²) in [5.41, 5.74) is 1.22. The van der Waals surface area contributed by atoms with Crippen LogP contribution < -0.4 is 0 Å². The fourth-order valence-corrected chi connectivity index (χ4v) is 2.44. The third-order valence-electron chi connectivity index (χ3n) is 3.24. The lowest BCUT2D eigenvalue weighted by Gasteiger charge is -2.09. The van der Waals surface area contributed by atoms with E-state index >= 15 is 0 Å². The summed E-state index contributed by atoms with van der Waals surface area (Å²) >= 11 is 0. The van der Waals surface area contributed by atoms with Crippen LogP contribution in [0.1, 0.15) is 24.6 Å². The van der Waals surface area contributed by atoms with Gasteiger partial charge >= 0.3 is 0 Å². The quantitative estimate of drug-likeness (QED) is 0.433. The van der Waals surface area contributed by atoms with E-state index in [1.807, 2.05) is 6.07 Å². The highest BCUT2D eigenvalue weighted by atomic mass is 16.6. The standard InChI is InChI=1S/C11H13N3O2/c15-14(16)10-5-3-4-9(8-10)11-12-6-1-2-7-13(11)12/h3-5,8,11H,1-2,6-7H2. The zero-order chi connectivity index (χ0) is 11.1. The van der Waals surface area contributed by atoms with E-state index in [4.69, 9.17) is 0 Å². The number of fused-ring (bicyclic) bond motifs is 1. The first-order chi connectivity index (χ1) is 7.77. The first-order valence-corrected chi connectivity index (χ1v) is 5.55. The summed E-state index contributed by atoms with van der Waals surface area (Å²) in [6, 6.07) is 6.96. The lowest BCUT2D eigenvalue weighted by Crippen LogP contribution is -2.16. The van der Waals surface area contributed by atoms with Crippen molar-refractivity contribution in [1.82, 2.24) is 10.0 Å². The van der Waals surface area contributed by atoms with Crippen LogP contribution in [0, 0.1) is 10.1 Å². The third-order valence-corrected chi connectivity index (χ3v) is 3.24. The molecule has 0 bridgehead atoms. The summed E-state index contributed by atoms with van der Waals surface area (Å²) in [6.45, 7) is 2.15. The van der Waals surface area contributed by atoms with Gasteiger partial charge in [-0.15, -0.1) is 0 Å². The molecule has 84 valence electrons. The van der Waals surface area contributed by atoms with E-state index in [1.54, 1.807) is 18.2 Å². The van der Waals surface area contributed by atoms with Crippen molar-refractivity contribution in [1.29, 1.82) is 0 Å². The molecular weight excluding hydrogens is 206 g/mol. The van der Waals surface area contributed by atoms with Gasteiger partial charge in [0.1, 0.15) is 6.17 Å². The number of hydrazine groups is 1. The third kappa shape index (κ3) is 1.48. The fraction of sp³-hybridized carbons (Fsp3) is 0.455. The molecule has 3 rings (SSSR count). The minimum atomic E-state index is -0.333. The largest absolute Gasteiger partial charge is 0.269 e. The SMILES string of the molecule is O=[N+]([O-])c1cccc(C2N3CCCCN23)c1. The predicted octanol–water partition coefficient (Wildman–Crippen LogP) is 1.92. The molecule has 2 atom stereocenters. The number of non-ortho nitro benzene ring substituents is 1. The molecule has 2 heterocycles. The number of nitrogens with zero attached hydrogens (tertiary/aromatic N) is 3. The van der Waals surface area contributed by atoms with E-state index in [0.717, 1.165) is 18.7 Å². The van der Waals surface area contributed by atoms with Crippen molar-refractivity contribution in [3.05, 3.63) is 39.9 Å². The van der Waals surface area contributed by atoms with Crippen LogP contribution in [0.3, 0.4) is 0 Å². The van der Waals surface area contributed by atoms with Gasteiger partial charge in [0.2, 0.25) is 0 Å². The van der Waals surface area contributed by atoms with Crippen molar-refractivity contribution in [2.45, 2.75) is 19.0 Å². The molecule has 0 N–H and O–H groups in total. The van der Waals surface area contributed by atoms with Crippen LogP contribution in [0.15, 0.2) is 24.3 Å². The summed E-state index contributed by atoms with van der Waals surface area (Å²) in [5.74, 6) is 0. The normalized spacial score (nSPS) is 31.9. The topological polar surface area (TPSA) is 49.2 Å². The Hall–Kier alpha value is -1.46. The average Bonchev–Trinajstić information content (AvgIpc) is 3.03. The van der Waals surface area contributed by atoms with E-state index in [-0.39, 0.29) is 16.8 Å². The Labute approximate surface area is 93.4 Å². The maximum atomic E-state index is 10.7. The number of hydrogen-bond donors (Lipinski definition) is 0. The van der Waals surface area contributed by atoms with Crippen LogP contribution in [0.4, 0.5) is 5.69 Å². The van der Waals surface area contributed by atoms with E-state index in [1.165, 1.54) is 12.8 Å². The number of benzene rings is 1. The molecule has 2 unspecified atom stereocenters. The molecule has 0 aliphatic carbocycles. The van der Waals surface area contributed by atoms with Gasteiger partial charge in [0, 0.05) is 25.2 Å². The van der Waals surface area contributed by atoms with E-state index < -0.39 is 0 Å². The van der Waals surface area contributed by atoms with Crippen LogP contribution in [0.2, 0.25) is 0 Å². The summed E-state index contributed by atoms with van der Waals surface area (Å²) in [4.78, 5) is 10.4. The minimum Gasteiger partial charge on any atom is -0.258 e. The highest BCUT2D eigenvalue weighted by Crippen LogP contribution is 2.44. The van der Waals surface area contributed by atoms with Crippen molar-refractivity contribution in [2.24, 2.45) is 0 Å². The van der Waals surface area contributed by atoms with Gasteiger partial charge in [-0.05, 0) is 18.4 Å². The Morgan fingerprint density at radius 2 is 1.94 bits per heavy atom. The minimum absolute atomic E-state index is 0.184. The van der Waals surface area contributed by atoms with Crippen LogP contribution >= 0.6 is 0 Å². The molecule has 0 spiro atoms. The summed E-state index contributed by atoms with van der Waals surface area (Å²) in [5, 5.41) is 15.2. The highest BCUT2D eigenvalue weighted by molar-refractivity contribution is 5.36. The van der Waals surface area contributed by atoms with Crippen molar-refractivity contribution in [3.8, 4) is 0 Å². The monoisotopic (exact) mass is 219 g/mol. The van der Waals surface area contributed by atoms with Gasteiger partial charge in [-0.2, -0.15) is 0 Å². The van der Waals surface area contributed by atoms with Crippen molar-refractivity contribution in [3.63, 3.8) is 0 Å².